The van der Waals surface area contributed by atoms with Gasteiger partial charge in [-0.3, -0.25) is 9.69 Å². The molecule has 0 spiro atoms. The van der Waals surface area contributed by atoms with E-state index in [0.717, 1.165) is 45.8 Å². The Bertz CT molecular complexity index is 811. The highest BCUT2D eigenvalue weighted by molar-refractivity contribution is 5.78. The van der Waals surface area contributed by atoms with Crippen molar-refractivity contribution in [3.63, 3.8) is 0 Å². The summed E-state index contributed by atoms with van der Waals surface area (Å²) >= 11 is 0. The second-order valence-electron chi connectivity index (χ2n) is 8.55. The molecule has 0 atom stereocenters. The first-order valence-corrected chi connectivity index (χ1v) is 11.3. The minimum Gasteiger partial charge on any atom is -0.371 e. The van der Waals surface area contributed by atoms with Gasteiger partial charge in [0, 0.05) is 57.2 Å². The maximum Gasteiger partial charge on any atom is 0.236 e. The number of likely N-dealkylation sites (N-methyl/N-ethyl adjacent to an activating group) is 1. The van der Waals surface area contributed by atoms with E-state index in [2.05, 4.69) is 70.3 Å². The van der Waals surface area contributed by atoms with Crippen LogP contribution in [0.1, 0.15) is 24.8 Å². The first-order chi connectivity index (χ1) is 14.7. The number of para-hydroxylation sites is 2. The Kier molecular flexibility index (Phi) is 6.90. The van der Waals surface area contributed by atoms with Crippen LogP contribution in [0.2, 0.25) is 0 Å². The molecular formula is C25H34N4O. The highest BCUT2D eigenvalue weighted by Crippen LogP contribution is 2.25. The van der Waals surface area contributed by atoms with E-state index in [-0.39, 0.29) is 5.91 Å². The lowest BCUT2D eigenvalue weighted by molar-refractivity contribution is -0.132. The second kappa shape index (κ2) is 9.98. The van der Waals surface area contributed by atoms with Crippen LogP contribution in [0, 0.1) is 0 Å². The van der Waals surface area contributed by atoms with Gasteiger partial charge in [0.25, 0.3) is 0 Å². The first-order valence-electron chi connectivity index (χ1n) is 11.3. The molecule has 0 radical (unpaired) electrons. The van der Waals surface area contributed by atoms with Crippen LogP contribution in [0.15, 0.2) is 54.6 Å². The molecule has 0 N–H and O–H groups in total. The lowest BCUT2D eigenvalue weighted by Gasteiger charge is -2.37. The zero-order chi connectivity index (χ0) is 20.8. The summed E-state index contributed by atoms with van der Waals surface area (Å²) in [6.07, 6.45) is 3.89. The molecule has 0 saturated carbocycles. The average Bonchev–Trinajstić information content (AvgIpc) is 2.80. The Hall–Kier alpha value is -2.53. The molecule has 0 unspecified atom stereocenters. The maximum atomic E-state index is 12.9. The van der Waals surface area contributed by atoms with Gasteiger partial charge in [-0.1, -0.05) is 36.4 Å². The molecule has 5 nitrogen and oxygen atoms in total. The Morgan fingerprint density at radius 1 is 0.800 bits per heavy atom. The van der Waals surface area contributed by atoms with Gasteiger partial charge in [-0.05, 0) is 50.1 Å². The van der Waals surface area contributed by atoms with E-state index in [0.29, 0.717) is 6.54 Å². The predicted octanol–water partition coefficient (Wildman–Crippen LogP) is 3.46. The summed E-state index contributed by atoms with van der Waals surface area (Å²) in [5.41, 5.74) is 3.91. The quantitative estimate of drug-likeness (QED) is 0.735. The second-order valence-corrected chi connectivity index (χ2v) is 8.55. The van der Waals surface area contributed by atoms with Crippen LogP contribution in [0.4, 0.5) is 11.4 Å². The highest BCUT2D eigenvalue weighted by atomic mass is 16.2. The van der Waals surface area contributed by atoms with Crippen LogP contribution in [-0.2, 0) is 11.3 Å². The monoisotopic (exact) mass is 406 g/mol. The molecule has 0 aromatic heterocycles. The molecule has 0 bridgehead atoms. The summed E-state index contributed by atoms with van der Waals surface area (Å²) in [6.45, 7) is 6.96. The van der Waals surface area contributed by atoms with Crippen molar-refractivity contribution in [2.24, 2.45) is 0 Å². The van der Waals surface area contributed by atoms with E-state index in [4.69, 9.17) is 0 Å². The van der Waals surface area contributed by atoms with Crippen molar-refractivity contribution in [1.29, 1.82) is 0 Å². The van der Waals surface area contributed by atoms with Gasteiger partial charge in [0.2, 0.25) is 5.91 Å². The maximum absolute atomic E-state index is 12.9. The summed E-state index contributed by atoms with van der Waals surface area (Å²) in [7, 11) is 2.06. The third-order valence-corrected chi connectivity index (χ3v) is 6.29. The summed E-state index contributed by atoms with van der Waals surface area (Å²) in [5, 5.41) is 0. The van der Waals surface area contributed by atoms with Crippen molar-refractivity contribution >= 4 is 17.3 Å². The molecule has 160 valence electrons. The number of rotatable bonds is 6. The Morgan fingerprint density at radius 2 is 1.47 bits per heavy atom. The topological polar surface area (TPSA) is 30.0 Å². The molecule has 0 aliphatic carbocycles. The molecule has 2 saturated heterocycles. The van der Waals surface area contributed by atoms with Gasteiger partial charge in [-0.2, -0.15) is 0 Å². The fourth-order valence-corrected chi connectivity index (χ4v) is 4.62. The van der Waals surface area contributed by atoms with E-state index in [1.54, 1.807) is 0 Å². The standard InChI is InChI=1S/C25H34N4O/c1-26(20-22-10-6-7-13-24(22)28-14-8-3-9-15-28)21-25(30)29-18-16-27(17-19-29)23-11-4-2-5-12-23/h2,4-7,10-13H,3,8-9,14-21H2,1H3. The fourth-order valence-electron chi connectivity index (χ4n) is 4.62. The zero-order valence-electron chi connectivity index (χ0n) is 18.2. The van der Waals surface area contributed by atoms with Gasteiger partial charge in [0.05, 0.1) is 6.54 Å². The van der Waals surface area contributed by atoms with Crippen LogP contribution in [-0.4, -0.2) is 68.6 Å². The number of piperidine rings is 1. The highest BCUT2D eigenvalue weighted by Gasteiger charge is 2.22. The number of hydrogen-bond acceptors (Lipinski definition) is 4. The van der Waals surface area contributed by atoms with E-state index in [1.807, 2.05) is 11.0 Å². The molecule has 1 amide bonds. The van der Waals surface area contributed by atoms with Crippen molar-refractivity contribution in [2.45, 2.75) is 25.8 Å². The van der Waals surface area contributed by atoms with Crippen LogP contribution in [0.3, 0.4) is 0 Å². The normalized spacial score (nSPS) is 17.5. The molecule has 2 aromatic carbocycles. The van der Waals surface area contributed by atoms with Crippen LogP contribution < -0.4 is 9.80 Å². The molecule has 2 aliphatic rings. The minimum absolute atomic E-state index is 0.237. The molecule has 2 aromatic rings. The number of amides is 1. The summed E-state index contributed by atoms with van der Waals surface area (Å²) in [4.78, 5) is 21.9. The third-order valence-electron chi connectivity index (χ3n) is 6.29. The molecule has 4 rings (SSSR count). The van der Waals surface area contributed by atoms with E-state index in [1.165, 1.54) is 36.2 Å². The van der Waals surface area contributed by atoms with E-state index in [9.17, 15) is 4.79 Å². The zero-order valence-corrected chi connectivity index (χ0v) is 18.2. The number of carbonyl (C=O) groups is 1. The van der Waals surface area contributed by atoms with Crippen LogP contribution in [0.25, 0.3) is 0 Å². The SMILES string of the molecule is CN(CC(=O)N1CCN(c2ccccc2)CC1)Cc1ccccc1N1CCCCC1. The third kappa shape index (κ3) is 5.14. The smallest absolute Gasteiger partial charge is 0.236 e. The Balaban J connectivity index is 1.29. The largest absolute Gasteiger partial charge is 0.371 e. The van der Waals surface area contributed by atoms with Gasteiger partial charge in [0.15, 0.2) is 0 Å². The first kappa shape index (κ1) is 20.7. The van der Waals surface area contributed by atoms with Crippen LogP contribution >= 0.6 is 0 Å². The summed E-state index contributed by atoms with van der Waals surface area (Å²) in [6, 6.07) is 19.2. The van der Waals surface area contributed by atoms with Gasteiger partial charge in [-0.25, -0.2) is 0 Å². The molecule has 30 heavy (non-hydrogen) atoms. The van der Waals surface area contributed by atoms with Gasteiger partial charge >= 0.3 is 0 Å². The molecule has 5 heteroatoms. The van der Waals surface area contributed by atoms with Crippen molar-refractivity contribution < 1.29 is 4.79 Å². The Labute approximate surface area is 180 Å². The number of carbonyl (C=O) groups excluding carboxylic acids is 1. The van der Waals surface area contributed by atoms with Crippen LogP contribution in [0.5, 0.6) is 0 Å². The molecule has 2 aliphatic heterocycles. The number of hydrogen-bond donors (Lipinski definition) is 0. The van der Waals surface area contributed by atoms with Gasteiger partial charge in [0.1, 0.15) is 0 Å². The van der Waals surface area contributed by atoms with E-state index < -0.39 is 0 Å². The number of nitrogens with zero attached hydrogens (tertiary/aromatic N) is 4. The number of benzene rings is 2. The van der Waals surface area contributed by atoms with E-state index >= 15 is 0 Å². The predicted molar refractivity (Wildman–Crippen MR) is 124 cm³/mol. The minimum atomic E-state index is 0.237. The molecule has 2 fully saturated rings. The molecule has 2 heterocycles. The van der Waals surface area contributed by atoms with Gasteiger partial charge in [-0.15, -0.1) is 0 Å². The summed E-state index contributed by atoms with van der Waals surface area (Å²) < 4.78 is 0. The fraction of sp³-hybridized carbons (Fsp3) is 0.480. The number of anilines is 2. The van der Waals surface area contributed by atoms with Crippen molar-refractivity contribution in [2.75, 3.05) is 62.7 Å². The lowest BCUT2D eigenvalue weighted by Crippen LogP contribution is -2.51. The van der Waals surface area contributed by atoms with Crippen molar-refractivity contribution in [3.05, 3.63) is 60.2 Å². The molecular weight excluding hydrogens is 372 g/mol. The van der Waals surface area contributed by atoms with Gasteiger partial charge < -0.3 is 14.7 Å². The number of piperazine rings is 1. The average molecular weight is 407 g/mol. The van der Waals surface area contributed by atoms with Crippen molar-refractivity contribution in [1.82, 2.24) is 9.80 Å². The Morgan fingerprint density at radius 3 is 2.20 bits per heavy atom. The lowest BCUT2D eigenvalue weighted by atomic mass is 10.1. The summed E-state index contributed by atoms with van der Waals surface area (Å²) in [5.74, 6) is 0.237. The van der Waals surface area contributed by atoms with Crippen molar-refractivity contribution in [3.8, 4) is 0 Å².